The van der Waals surface area contributed by atoms with Gasteiger partial charge in [0, 0.05) is 25.8 Å². The maximum atomic E-state index is 13.0. The fraction of sp³-hybridized carbons (Fsp3) is 0.391. The van der Waals surface area contributed by atoms with Crippen LogP contribution in [0.2, 0.25) is 0 Å². The lowest BCUT2D eigenvalue weighted by atomic mass is 10.1. The molecule has 1 atom stereocenters. The van der Waals surface area contributed by atoms with Gasteiger partial charge in [-0.05, 0) is 49.4 Å². The summed E-state index contributed by atoms with van der Waals surface area (Å²) in [6, 6.07) is 15.4. The fourth-order valence-electron chi connectivity index (χ4n) is 3.59. The Bertz CT molecular complexity index is 815. The van der Waals surface area contributed by atoms with Crippen molar-refractivity contribution in [2.45, 2.75) is 45.7 Å². The molecule has 0 radical (unpaired) electrons. The van der Waals surface area contributed by atoms with Crippen LogP contribution in [0.3, 0.4) is 0 Å². The van der Waals surface area contributed by atoms with Crippen molar-refractivity contribution in [3.05, 3.63) is 65.2 Å². The number of hydrogen-bond donors (Lipinski definition) is 1. The number of benzene rings is 2. The number of nitrogens with zero attached hydrogens (tertiary/aromatic N) is 2. The first kappa shape index (κ1) is 19.9. The second kappa shape index (κ2) is 8.91. The molecule has 0 spiro atoms. The van der Waals surface area contributed by atoms with Crippen molar-refractivity contribution < 1.29 is 9.59 Å². The highest BCUT2D eigenvalue weighted by Crippen LogP contribution is 2.22. The number of rotatable bonds is 5. The SMILES string of the molecule is CCc1ccc(NC(=O)N2CCC[C@@H]2C(=O)N(C)Cc2ccc(C)cc2)cc1. The van der Waals surface area contributed by atoms with Crippen molar-refractivity contribution in [2.24, 2.45) is 0 Å². The van der Waals surface area contributed by atoms with E-state index >= 15 is 0 Å². The minimum atomic E-state index is -0.398. The van der Waals surface area contributed by atoms with Gasteiger partial charge < -0.3 is 15.1 Å². The number of likely N-dealkylation sites (N-methyl/N-ethyl adjacent to an activating group) is 1. The van der Waals surface area contributed by atoms with Gasteiger partial charge in [-0.1, -0.05) is 48.9 Å². The molecule has 1 aliphatic heterocycles. The third kappa shape index (κ3) is 4.71. The Morgan fingerprint density at radius 1 is 1.07 bits per heavy atom. The summed E-state index contributed by atoms with van der Waals surface area (Å²) in [4.78, 5) is 29.1. The molecule has 1 aliphatic rings. The largest absolute Gasteiger partial charge is 0.340 e. The second-order valence-corrected chi connectivity index (χ2v) is 7.51. The molecule has 5 heteroatoms. The van der Waals surface area contributed by atoms with Gasteiger partial charge in [-0.3, -0.25) is 4.79 Å². The zero-order valence-corrected chi connectivity index (χ0v) is 16.9. The molecule has 1 N–H and O–H groups in total. The van der Waals surface area contributed by atoms with E-state index in [1.165, 1.54) is 11.1 Å². The summed E-state index contributed by atoms with van der Waals surface area (Å²) in [6.07, 6.45) is 2.51. The zero-order valence-electron chi connectivity index (χ0n) is 16.9. The molecule has 148 valence electrons. The van der Waals surface area contributed by atoms with E-state index in [0.29, 0.717) is 19.5 Å². The first-order valence-corrected chi connectivity index (χ1v) is 9.95. The van der Waals surface area contributed by atoms with Gasteiger partial charge in [0.05, 0.1) is 0 Å². The number of amides is 3. The van der Waals surface area contributed by atoms with Crippen LogP contribution in [0.15, 0.2) is 48.5 Å². The second-order valence-electron chi connectivity index (χ2n) is 7.51. The number of hydrogen-bond acceptors (Lipinski definition) is 2. The minimum Gasteiger partial charge on any atom is -0.340 e. The molecule has 3 rings (SSSR count). The van der Waals surface area contributed by atoms with Crippen LogP contribution < -0.4 is 5.32 Å². The number of nitrogens with one attached hydrogen (secondary N) is 1. The maximum absolute atomic E-state index is 13.0. The van der Waals surface area contributed by atoms with Gasteiger partial charge in [-0.15, -0.1) is 0 Å². The number of anilines is 1. The molecule has 1 fully saturated rings. The maximum Gasteiger partial charge on any atom is 0.322 e. The van der Waals surface area contributed by atoms with Crippen molar-refractivity contribution in [1.82, 2.24) is 9.80 Å². The Balaban J connectivity index is 1.62. The Morgan fingerprint density at radius 2 is 1.71 bits per heavy atom. The van der Waals surface area contributed by atoms with Crippen LogP contribution in [0.4, 0.5) is 10.5 Å². The lowest BCUT2D eigenvalue weighted by Gasteiger charge is -2.28. The highest BCUT2D eigenvalue weighted by molar-refractivity contribution is 5.94. The third-order valence-electron chi connectivity index (χ3n) is 5.33. The van der Waals surface area contributed by atoms with Crippen molar-refractivity contribution in [3.8, 4) is 0 Å². The Labute approximate surface area is 167 Å². The molecule has 28 heavy (non-hydrogen) atoms. The molecule has 0 bridgehead atoms. The van der Waals surface area contributed by atoms with Crippen LogP contribution in [0.25, 0.3) is 0 Å². The van der Waals surface area contributed by atoms with E-state index in [1.807, 2.05) is 55.5 Å². The molecule has 0 unspecified atom stereocenters. The van der Waals surface area contributed by atoms with Crippen LogP contribution in [0.5, 0.6) is 0 Å². The van der Waals surface area contributed by atoms with Gasteiger partial charge in [-0.25, -0.2) is 4.79 Å². The summed E-state index contributed by atoms with van der Waals surface area (Å²) in [5, 5.41) is 2.93. The van der Waals surface area contributed by atoms with Crippen LogP contribution in [0.1, 0.15) is 36.5 Å². The highest BCUT2D eigenvalue weighted by Gasteiger charge is 2.35. The van der Waals surface area contributed by atoms with Crippen molar-refractivity contribution in [2.75, 3.05) is 18.9 Å². The first-order chi connectivity index (χ1) is 13.5. The predicted octanol–water partition coefficient (Wildman–Crippen LogP) is 4.21. The Morgan fingerprint density at radius 3 is 2.36 bits per heavy atom. The average molecular weight is 380 g/mol. The van der Waals surface area contributed by atoms with E-state index in [-0.39, 0.29) is 11.9 Å². The Kier molecular flexibility index (Phi) is 6.34. The number of aryl methyl sites for hydroxylation is 2. The van der Waals surface area contributed by atoms with E-state index in [4.69, 9.17) is 0 Å². The molecular weight excluding hydrogens is 350 g/mol. The first-order valence-electron chi connectivity index (χ1n) is 9.95. The lowest BCUT2D eigenvalue weighted by Crippen LogP contribution is -2.47. The normalized spacial score (nSPS) is 16.1. The monoisotopic (exact) mass is 379 g/mol. The van der Waals surface area contributed by atoms with Gasteiger partial charge in [0.1, 0.15) is 6.04 Å². The molecule has 2 aromatic rings. The molecular formula is C23H29N3O2. The molecule has 3 amide bonds. The summed E-state index contributed by atoms with van der Waals surface area (Å²) in [6.45, 7) is 5.29. The van der Waals surface area contributed by atoms with Crippen LogP contribution in [0, 0.1) is 6.92 Å². The molecule has 1 saturated heterocycles. The smallest absolute Gasteiger partial charge is 0.322 e. The van der Waals surface area contributed by atoms with Gasteiger partial charge in [0.2, 0.25) is 5.91 Å². The molecule has 2 aromatic carbocycles. The van der Waals surface area contributed by atoms with E-state index in [9.17, 15) is 9.59 Å². The Hall–Kier alpha value is -2.82. The van der Waals surface area contributed by atoms with Crippen LogP contribution >= 0.6 is 0 Å². The molecule has 0 aromatic heterocycles. The van der Waals surface area contributed by atoms with E-state index in [1.54, 1.807) is 16.8 Å². The quantitative estimate of drug-likeness (QED) is 0.846. The summed E-state index contributed by atoms with van der Waals surface area (Å²) < 4.78 is 0. The minimum absolute atomic E-state index is 0.00504. The number of likely N-dealkylation sites (tertiary alicyclic amines) is 1. The molecule has 1 heterocycles. The summed E-state index contributed by atoms with van der Waals surface area (Å²) in [5.41, 5.74) is 4.27. The van der Waals surface area contributed by atoms with E-state index in [2.05, 4.69) is 12.2 Å². The van der Waals surface area contributed by atoms with Crippen LogP contribution in [-0.4, -0.2) is 41.4 Å². The fourth-order valence-corrected chi connectivity index (χ4v) is 3.59. The van der Waals surface area contributed by atoms with Gasteiger partial charge in [0.25, 0.3) is 0 Å². The molecule has 0 saturated carbocycles. The number of carbonyl (C=O) groups excluding carboxylic acids is 2. The topological polar surface area (TPSA) is 52.7 Å². The van der Waals surface area contributed by atoms with Crippen LogP contribution in [-0.2, 0) is 17.8 Å². The zero-order chi connectivity index (χ0) is 20.1. The highest BCUT2D eigenvalue weighted by atomic mass is 16.2. The molecule has 0 aliphatic carbocycles. The third-order valence-corrected chi connectivity index (χ3v) is 5.33. The number of carbonyl (C=O) groups is 2. The van der Waals surface area contributed by atoms with Crippen molar-refractivity contribution in [1.29, 1.82) is 0 Å². The summed E-state index contributed by atoms with van der Waals surface area (Å²) in [7, 11) is 1.81. The van der Waals surface area contributed by atoms with Gasteiger partial charge >= 0.3 is 6.03 Å². The van der Waals surface area contributed by atoms with E-state index < -0.39 is 6.04 Å². The molecule has 5 nitrogen and oxygen atoms in total. The van der Waals surface area contributed by atoms with Crippen molar-refractivity contribution in [3.63, 3.8) is 0 Å². The van der Waals surface area contributed by atoms with E-state index in [0.717, 1.165) is 24.1 Å². The summed E-state index contributed by atoms with van der Waals surface area (Å²) in [5.74, 6) is -0.00504. The summed E-state index contributed by atoms with van der Waals surface area (Å²) >= 11 is 0. The number of urea groups is 1. The van der Waals surface area contributed by atoms with Gasteiger partial charge in [0.15, 0.2) is 0 Å². The average Bonchev–Trinajstić information content (AvgIpc) is 3.19. The van der Waals surface area contributed by atoms with Crippen molar-refractivity contribution >= 4 is 17.6 Å². The lowest BCUT2D eigenvalue weighted by molar-refractivity contribution is -0.134. The standard InChI is InChI=1S/C23H29N3O2/c1-4-18-11-13-20(14-12-18)24-23(28)26-15-5-6-21(26)22(27)25(3)16-19-9-7-17(2)8-10-19/h7-14,21H,4-6,15-16H2,1-3H3,(H,24,28)/t21-/m1/s1. The predicted molar refractivity (Wildman–Crippen MR) is 112 cm³/mol. The van der Waals surface area contributed by atoms with Gasteiger partial charge in [-0.2, -0.15) is 0 Å².